The summed E-state index contributed by atoms with van der Waals surface area (Å²) in [5, 5.41) is 10.3. The molecule has 3 rings (SSSR count). The molecule has 0 bridgehead atoms. The molecule has 78 valence electrons. The normalized spacial score (nSPS) is 17.0. The van der Waals surface area contributed by atoms with E-state index in [1.165, 1.54) is 0 Å². The molecule has 0 amide bonds. The van der Waals surface area contributed by atoms with Crippen molar-refractivity contribution in [2.45, 2.75) is 25.2 Å². The van der Waals surface area contributed by atoms with Crippen LogP contribution in [-0.4, -0.2) is 4.98 Å². The Bertz CT molecular complexity index is 604. The molecule has 1 aromatic heterocycles. The van der Waals surface area contributed by atoms with Crippen molar-refractivity contribution in [2.24, 2.45) is 0 Å². The van der Waals surface area contributed by atoms with Crippen LogP contribution in [0.1, 0.15) is 24.1 Å². The van der Waals surface area contributed by atoms with Gasteiger partial charge in [-0.05, 0) is 43.5 Å². The molecular formula is C14H12N2. The number of aromatic nitrogens is 1. The number of nitrogens with zero attached hydrogens (tertiary/aromatic N) is 2. The van der Waals surface area contributed by atoms with E-state index in [2.05, 4.69) is 23.2 Å². The van der Waals surface area contributed by atoms with Gasteiger partial charge in [0.1, 0.15) is 0 Å². The second kappa shape index (κ2) is 3.05. The molecule has 2 aromatic rings. The molecule has 1 aliphatic rings. The van der Waals surface area contributed by atoms with Crippen LogP contribution < -0.4 is 0 Å². The molecule has 0 atom stereocenters. The third kappa shape index (κ3) is 1.29. The molecule has 0 aliphatic heterocycles. The number of hydrogen-bond acceptors (Lipinski definition) is 2. The van der Waals surface area contributed by atoms with E-state index >= 15 is 0 Å². The summed E-state index contributed by atoms with van der Waals surface area (Å²) in [6, 6.07) is 12.7. The van der Waals surface area contributed by atoms with Crippen molar-refractivity contribution in [1.29, 1.82) is 5.26 Å². The highest BCUT2D eigenvalue weighted by Crippen LogP contribution is 2.47. The number of rotatable bonds is 1. The summed E-state index contributed by atoms with van der Waals surface area (Å²) < 4.78 is 0. The van der Waals surface area contributed by atoms with Crippen molar-refractivity contribution in [3.05, 3.63) is 41.6 Å². The first-order chi connectivity index (χ1) is 7.73. The highest BCUT2D eigenvalue weighted by atomic mass is 14.7. The van der Waals surface area contributed by atoms with Crippen LogP contribution in [0.5, 0.6) is 0 Å². The second-order valence-corrected chi connectivity index (χ2v) is 4.55. The summed E-state index contributed by atoms with van der Waals surface area (Å²) in [4.78, 5) is 4.46. The maximum absolute atomic E-state index is 9.16. The molecule has 2 heteroatoms. The fraction of sp³-hybridized carbons (Fsp3) is 0.286. The van der Waals surface area contributed by atoms with Gasteiger partial charge in [0.05, 0.1) is 17.0 Å². The lowest BCUT2D eigenvalue weighted by atomic mass is 9.96. The lowest BCUT2D eigenvalue weighted by Gasteiger charge is -2.07. The van der Waals surface area contributed by atoms with E-state index in [1.54, 1.807) is 0 Å². The Kier molecular flexibility index (Phi) is 1.79. The highest BCUT2D eigenvalue weighted by Gasteiger charge is 2.44. The summed E-state index contributed by atoms with van der Waals surface area (Å²) in [6.45, 7) is 1.99. The van der Waals surface area contributed by atoms with Crippen molar-refractivity contribution >= 4 is 10.9 Å². The molecule has 16 heavy (non-hydrogen) atoms. The average molecular weight is 208 g/mol. The third-order valence-electron chi connectivity index (χ3n) is 3.35. The zero-order valence-electron chi connectivity index (χ0n) is 9.20. The van der Waals surface area contributed by atoms with Crippen molar-refractivity contribution in [1.82, 2.24) is 4.98 Å². The predicted molar refractivity (Wildman–Crippen MR) is 63.0 cm³/mol. The molecule has 0 N–H and O–H groups in total. The maximum Gasteiger partial charge on any atom is 0.0824 e. The summed E-state index contributed by atoms with van der Waals surface area (Å²) in [7, 11) is 0. The molecule has 1 aliphatic carbocycles. The largest absolute Gasteiger partial charge is 0.253 e. The van der Waals surface area contributed by atoms with Crippen molar-refractivity contribution < 1.29 is 0 Å². The number of fused-ring (bicyclic) bond motifs is 1. The van der Waals surface area contributed by atoms with Crippen molar-refractivity contribution in [3.8, 4) is 6.07 Å². The standard InChI is InChI=1S/C14H12N2/c1-10-2-3-11-8-12(4-5-13(11)16-10)14(9-15)6-7-14/h2-5,8H,6-7H2,1H3. The molecule has 1 saturated carbocycles. The van der Waals surface area contributed by atoms with Crippen molar-refractivity contribution in [3.63, 3.8) is 0 Å². The molecule has 1 heterocycles. The minimum atomic E-state index is -0.195. The van der Waals surface area contributed by atoms with Crippen LogP contribution in [0, 0.1) is 18.3 Å². The number of hydrogen-bond donors (Lipinski definition) is 0. The van der Waals surface area contributed by atoms with Gasteiger partial charge >= 0.3 is 0 Å². The smallest absolute Gasteiger partial charge is 0.0824 e. The summed E-state index contributed by atoms with van der Waals surface area (Å²) in [5.41, 5.74) is 2.99. The third-order valence-corrected chi connectivity index (χ3v) is 3.35. The Balaban J connectivity index is 2.18. The van der Waals surface area contributed by atoms with Crippen LogP contribution in [0.4, 0.5) is 0 Å². The van der Waals surface area contributed by atoms with Gasteiger partial charge in [0, 0.05) is 11.1 Å². The first-order valence-corrected chi connectivity index (χ1v) is 5.53. The summed E-state index contributed by atoms with van der Waals surface area (Å²) >= 11 is 0. The Morgan fingerprint density at radius 2 is 2.06 bits per heavy atom. The van der Waals surface area contributed by atoms with E-state index < -0.39 is 0 Å². The Hall–Kier alpha value is -1.88. The van der Waals surface area contributed by atoms with Gasteiger partial charge in [0.25, 0.3) is 0 Å². The molecule has 2 nitrogen and oxygen atoms in total. The van der Waals surface area contributed by atoms with Gasteiger partial charge in [0.2, 0.25) is 0 Å². The van der Waals surface area contributed by atoms with Crippen LogP contribution in [0.2, 0.25) is 0 Å². The quantitative estimate of drug-likeness (QED) is 0.722. The monoisotopic (exact) mass is 208 g/mol. The minimum absolute atomic E-state index is 0.195. The molecular weight excluding hydrogens is 196 g/mol. The molecule has 0 radical (unpaired) electrons. The predicted octanol–water partition coefficient (Wildman–Crippen LogP) is 3.10. The van der Waals surface area contributed by atoms with Crippen LogP contribution in [0.3, 0.4) is 0 Å². The number of pyridine rings is 1. The van der Waals surface area contributed by atoms with E-state index in [4.69, 9.17) is 5.26 Å². The topological polar surface area (TPSA) is 36.7 Å². The van der Waals surface area contributed by atoms with E-state index in [1.807, 2.05) is 25.1 Å². The lowest BCUT2D eigenvalue weighted by molar-refractivity contribution is 0.911. The Morgan fingerprint density at radius 3 is 2.75 bits per heavy atom. The Morgan fingerprint density at radius 1 is 1.25 bits per heavy atom. The van der Waals surface area contributed by atoms with Crippen LogP contribution in [0.15, 0.2) is 30.3 Å². The molecule has 0 unspecified atom stereocenters. The highest BCUT2D eigenvalue weighted by molar-refractivity contribution is 5.80. The first-order valence-electron chi connectivity index (χ1n) is 5.53. The lowest BCUT2D eigenvalue weighted by Crippen LogP contribution is -2.02. The van der Waals surface area contributed by atoms with Gasteiger partial charge in [-0.1, -0.05) is 12.1 Å². The number of aryl methyl sites for hydroxylation is 1. The van der Waals surface area contributed by atoms with Crippen LogP contribution >= 0.6 is 0 Å². The molecule has 1 aromatic carbocycles. The minimum Gasteiger partial charge on any atom is -0.253 e. The first kappa shape index (κ1) is 9.35. The molecule has 1 fully saturated rings. The Labute approximate surface area is 94.5 Å². The van der Waals surface area contributed by atoms with Crippen LogP contribution in [0.25, 0.3) is 10.9 Å². The molecule has 0 saturated heterocycles. The SMILES string of the molecule is Cc1ccc2cc(C3(C#N)CC3)ccc2n1. The zero-order valence-corrected chi connectivity index (χ0v) is 9.20. The van der Waals surface area contributed by atoms with E-state index in [0.29, 0.717) is 0 Å². The fourth-order valence-corrected chi connectivity index (χ4v) is 2.12. The van der Waals surface area contributed by atoms with Crippen LogP contribution in [-0.2, 0) is 5.41 Å². The average Bonchev–Trinajstić information content (AvgIpc) is 3.09. The van der Waals surface area contributed by atoms with Gasteiger partial charge < -0.3 is 0 Å². The van der Waals surface area contributed by atoms with E-state index in [-0.39, 0.29) is 5.41 Å². The second-order valence-electron chi connectivity index (χ2n) is 4.55. The number of benzene rings is 1. The maximum atomic E-state index is 9.16. The van der Waals surface area contributed by atoms with Crippen molar-refractivity contribution in [2.75, 3.05) is 0 Å². The van der Waals surface area contributed by atoms with Gasteiger partial charge in [0.15, 0.2) is 0 Å². The zero-order chi connectivity index (χ0) is 11.2. The van der Waals surface area contributed by atoms with E-state index in [9.17, 15) is 0 Å². The van der Waals surface area contributed by atoms with Gasteiger partial charge in [-0.15, -0.1) is 0 Å². The van der Waals surface area contributed by atoms with Gasteiger partial charge in [-0.25, -0.2) is 0 Å². The number of nitriles is 1. The summed E-state index contributed by atoms with van der Waals surface area (Å²) in [5.74, 6) is 0. The summed E-state index contributed by atoms with van der Waals surface area (Å²) in [6.07, 6.45) is 1.99. The van der Waals surface area contributed by atoms with E-state index in [0.717, 1.165) is 35.0 Å². The fourth-order valence-electron chi connectivity index (χ4n) is 2.12. The van der Waals surface area contributed by atoms with Gasteiger partial charge in [-0.2, -0.15) is 5.26 Å². The molecule has 0 spiro atoms. The van der Waals surface area contributed by atoms with Gasteiger partial charge in [-0.3, -0.25) is 4.98 Å².